The van der Waals surface area contributed by atoms with E-state index >= 15 is 0 Å². The summed E-state index contributed by atoms with van der Waals surface area (Å²) in [7, 11) is 1.58. The van der Waals surface area contributed by atoms with Gasteiger partial charge in [0.15, 0.2) is 0 Å². The second-order valence-corrected chi connectivity index (χ2v) is 4.31. The van der Waals surface area contributed by atoms with Gasteiger partial charge in [0.2, 0.25) is 5.91 Å². The van der Waals surface area contributed by atoms with E-state index in [4.69, 9.17) is 10.5 Å². The van der Waals surface area contributed by atoms with E-state index in [2.05, 4.69) is 5.32 Å². The van der Waals surface area contributed by atoms with E-state index in [1.54, 1.807) is 7.11 Å². The van der Waals surface area contributed by atoms with Gasteiger partial charge in [-0.05, 0) is 37.5 Å². The number of amides is 1. The largest absolute Gasteiger partial charge is 0.495 e. The zero-order valence-electron chi connectivity index (χ0n) is 9.54. The van der Waals surface area contributed by atoms with Gasteiger partial charge in [0, 0.05) is 0 Å². The number of methoxy groups -OCH3 is 1. The van der Waals surface area contributed by atoms with E-state index < -0.39 is 5.54 Å². The number of hydrogen-bond donors (Lipinski definition) is 2. The van der Waals surface area contributed by atoms with E-state index in [0.29, 0.717) is 11.4 Å². The molecule has 1 aliphatic carbocycles. The number of aryl methyl sites for hydroxylation is 1. The molecule has 0 heterocycles. The summed E-state index contributed by atoms with van der Waals surface area (Å²) in [6, 6.07) is 5.65. The molecule has 0 saturated heterocycles. The van der Waals surface area contributed by atoms with Crippen molar-refractivity contribution < 1.29 is 9.53 Å². The third kappa shape index (κ3) is 2.02. The smallest absolute Gasteiger partial charge is 0.244 e. The topological polar surface area (TPSA) is 64.3 Å². The number of nitrogens with one attached hydrogen (secondary N) is 1. The predicted octanol–water partition coefficient (Wildman–Crippen LogP) is 1.43. The Balaban J connectivity index is 2.19. The number of nitrogens with two attached hydrogens (primary N) is 1. The molecule has 0 unspecified atom stereocenters. The molecule has 1 saturated carbocycles. The van der Waals surface area contributed by atoms with Crippen LogP contribution in [0.2, 0.25) is 0 Å². The zero-order valence-corrected chi connectivity index (χ0v) is 9.54. The summed E-state index contributed by atoms with van der Waals surface area (Å²) in [5.41, 5.74) is 6.91. The van der Waals surface area contributed by atoms with Crippen LogP contribution in [0.4, 0.5) is 5.69 Å². The lowest BCUT2D eigenvalue weighted by atomic mass is 10.2. The molecular weight excluding hydrogens is 204 g/mol. The summed E-state index contributed by atoms with van der Waals surface area (Å²) >= 11 is 0. The Bertz CT molecular complexity index is 425. The summed E-state index contributed by atoms with van der Waals surface area (Å²) in [5, 5.41) is 2.82. The zero-order chi connectivity index (χ0) is 11.8. The molecule has 3 N–H and O–H groups in total. The Kier molecular flexibility index (Phi) is 2.59. The van der Waals surface area contributed by atoms with Crippen LogP contribution in [0.3, 0.4) is 0 Å². The van der Waals surface area contributed by atoms with Gasteiger partial charge in [-0.25, -0.2) is 0 Å². The normalized spacial score (nSPS) is 16.7. The summed E-state index contributed by atoms with van der Waals surface area (Å²) in [5.74, 6) is 0.527. The number of anilines is 1. The van der Waals surface area contributed by atoms with Crippen molar-refractivity contribution in [1.29, 1.82) is 0 Å². The molecule has 0 spiro atoms. The summed E-state index contributed by atoms with van der Waals surface area (Å²) in [4.78, 5) is 11.8. The van der Waals surface area contributed by atoms with Crippen LogP contribution >= 0.6 is 0 Å². The first-order valence-electron chi connectivity index (χ1n) is 5.30. The van der Waals surface area contributed by atoms with Gasteiger partial charge in [0.05, 0.1) is 18.3 Å². The molecule has 2 rings (SSSR count). The van der Waals surface area contributed by atoms with Crippen LogP contribution in [0.15, 0.2) is 18.2 Å². The van der Waals surface area contributed by atoms with Gasteiger partial charge in [-0.1, -0.05) is 6.07 Å². The molecule has 0 bridgehead atoms. The minimum absolute atomic E-state index is 0.128. The molecule has 0 atom stereocenters. The highest BCUT2D eigenvalue weighted by Crippen LogP contribution is 2.34. The highest BCUT2D eigenvalue weighted by molar-refractivity contribution is 6.01. The maximum Gasteiger partial charge on any atom is 0.244 e. The first kappa shape index (κ1) is 11.0. The highest BCUT2D eigenvalue weighted by atomic mass is 16.5. The number of hydrogen-bond acceptors (Lipinski definition) is 3. The van der Waals surface area contributed by atoms with Crippen molar-refractivity contribution in [2.75, 3.05) is 12.4 Å². The van der Waals surface area contributed by atoms with Crippen molar-refractivity contribution >= 4 is 11.6 Å². The molecule has 1 aromatic rings. The number of ether oxygens (including phenoxy) is 1. The third-order valence-electron chi connectivity index (χ3n) is 2.84. The monoisotopic (exact) mass is 220 g/mol. The van der Waals surface area contributed by atoms with Crippen LogP contribution in [0.25, 0.3) is 0 Å². The van der Waals surface area contributed by atoms with Gasteiger partial charge in [0.25, 0.3) is 0 Å². The molecule has 4 nitrogen and oxygen atoms in total. The lowest BCUT2D eigenvalue weighted by Crippen LogP contribution is -2.37. The average molecular weight is 220 g/mol. The fourth-order valence-electron chi connectivity index (χ4n) is 1.53. The number of carbonyl (C=O) groups excluding carboxylic acids is 1. The first-order chi connectivity index (χ1) is 7.55. The molecule has 1 aromatic carbocycles. The van der Waals surface area contributed by atoms with Crippen LogP contribution in [-0.4, -0.2) is 18.6 Å². The van der Waals surface area contributed by atoms with Crippen molar-refractivity contribution in [1.82, 2.24) is 0 Å². The van der Waals surface area contributed by atoms with E-state index in [9.17, 15) is 4.79 Å². The molecule has 0 aromatic heterocycles. The maximum absolute atomic E-state index is 11.8. The van der Waals surface area contributed by atoms with Crippen LogP contribution in [-0.2, 0) is 4.79 Å². The van der Waals surface area contributed by atoms with Crippen LogP contribution < -0.4 is 15.8 Å². The molecule has 1 fully saturated rings. The van der Waals surface area contributed by atoms with Crippen molar-refractivity contribution in [3.63, 3.8) is 0 Å². The first-order valence-corrected chi connectivity index (χ1v) is 5.30. The summed E-state index contributed by atoms with van der Waals surface area (Å²) < 4.78 is 5.18. The quantitative estimate of drug-likeness (QED) is 0.810. The van der Waals surface area contributed by atoms with Gasteiger partial charge in [-0.2, -0.15) is 0 Å². The predicted molar refractivity (Wildman–Crippen MR) is 62.5 cm³/mol. The second kappa shape index (κ2) is 3.79. The lowest BCUT2D eigenvalue weighted by molar-refractivity contribution is -0.118. The average Bonchev–Trinajstić information content (AvgIpc) is 2.98. The molecule has 1 aliphatic rings. The molecular formula is C12H16N2O2. The van der Waals surface area contributed by atoms with Gasteiger partial charge >= 0.3 is 0 Å². The Labute approximate surface area is 94.8 Å². The number of benzene rings is 1. The van der Waals surface area contributed by atoms with E-state index in [1.165, 1.54) is 0 Å². The fourth-order valence-corrected chi connectivity index (χ4v) is 1.53. The summed E-state index contributed by atoms with van der Waals surface area (Å²) in [6.07, 6.45) is 1.51. The van der Waals surface area contributed by atoms with Crippen LogP contribution in [0, 0.1) is 6.92 Å². The molecule has 1 amide bonds. The second-order valence-electron chi connectivity index (χ2n) is 4.31. The number of carbonyl (C=O) groups is 1. The molecule has 4 heteroatoms. The molecule has 0 radical (unpaired) electrons. The standard InChI is InChI=1S/C12H16N2O2/c1-8-3-4-10(16-2)9(7-8)14-11(15)12(13)5-6-12/h3-4,7H,5-6,13H2,1-2H3,(H,14,15). The Hall–Kier alpha value is -1.55. The van der Waals surface area contributed by atoms with Crippen LogP contribution in [0.5, 0.6) is 5.75 Å². The van der Waals surface area contributed by atoms with E-state index in [0.717, 1.165) is 18.4 Å². The lowest BCUT2D eigenvalue weighted by Gasteiger charge is -2.13. The van der Waals surface area contributed by atoms with Gasteiger partial charge in [-0.15, -0.1) is 0 Å². The minimum Gasteiger partial charge on any atom is -0.495 e. The van der Waals surface area contributed by atoms with Gasteiger partial charge < -0.3 is 15.8 Å². The Morgan fingerprint density at radius 1 is 1.50 bits per heavy atom. The molecule has 86 valence electrons. The maximum atomic E-state index is 11.8. The van der Waals surface area contributed by atoms with Gasteiger partial charge in [0.1, 0.15) is 5.75 Å². The molecule has 0 aliphatic heterocycles. The third-order valence-corrected chi connectivity index (χ3v) is 2.84. The fraction of sp³-hybridized carbons (Fsp3) is 0.417. The van der Waals surface area contributed by atoms with Crippen molar-refractivity contribution in [3.8, 4) is 5.75 Å². The highest BCUT2D eigenvalue weighted by Gasteiger charge is 2.46. The van der Waals surface area contributed by atoms with E-state index in [-0.39, 0.29) is 5.91 Å². The van der Waals surface area contributed by atoms with Gasteiger partial charge in [-0.3, -0.25) is 4.79 Å². The summed E-state index contributed by atoms with van der Waals surface area (Å²) in [6.45, 7) is 1.96. The Morgan fingerprint density at radius 2 is 2.19 bits per heavy atom. The number of rotatable bonds is 3. The molecule has 16 heavy (non-hydrogen) atoms. The van der Waals surface area contributed by atoms with Crippen LogP contribution in [0.1, 0.15) is 18.4 Å². The van der Waals surface area contributed by atoms with Crippen molar-refractivity contribution in [2.45, 2.75) is 25.3 Å². The minimum atomic E-state index is -0.658. The Morgan fingerprint density at radius 3 is 2.75 bits per heavy atom. The SMILES string of the molecule is COc1ccc(C)cc1NC(=O)C1(N)CC1. The van der Waals surface area contributed by atoms with Crippen molar-refractivity contribution in [3.05, 3.63) is 23.8 Å². The van der Waals surface area contributed by atoms with E-state index in [1.807, 2.05) is 25.1 Å². The van der Waals surface area contributed by atoms with Crippen molar-refractivity contribution in [2.24, 2.45) is 5.73 Å².